The third kappa shape index (κ3) is 3.72. The van der Waals surface area contributed by atoms with Gasteiger partial charge in [0.25, 0.3) is 11.5 Å². The number of carbonyl (C=O) groups is 1. The molecule has 1 aliphatic rings. The van der Waals surface area contributed by atoms with Gasteiger partial charge >= 0.3 is 6.61 Å². The monoisotopic (exact) mass is 381 g/mol. The Kier molecular flexibility index (Phi) is 5.55. The van der Waals surface area contributed by atoms with E-state index in [0.29, 0.717) is 23.7 Å². The van der Waals surface area contributed by atoms with Crippen LogP contribution in [0.3, 0.4) is 0 Å². The molecule has 1 N–H and O–H groups in total. The zero-order chi connectivity index (χ0) is 18.7. The van der Waals surface area contributed by atoms with Crippen LogP contribution in [-0.2, 0) is 6.54 Å². The Morgan fingerprint density at radius 2 is 2.19 bits per heavy atom. The van der Waals surface area contributed by atoms with E-state index < -0.39 is 24.1 Å². The van der Waals surface area contributed by atoms with Crippen LogP contribution in [0.15, 0.2) is 40.4 Å². The van der Waals surface area contributed by atoms with E-state index in [1.54, 1.807) is 25.1 Å². The fourth-order valence-corrected chi connectivity index (χ4v) is 3.69. The quantitative estimate of drug-likeness (QED) is 0.779. The molecular formula is C17H17F2N3O3S. The van der Waals surface area contributed by atoms with Crippen molar-refractivity contribution in [2.75, 3.05) is 5.75 Å². The number of aromatic nitrogens is 2. The molecule has 1 atom stereocenters. The van der Waals surface area contributed by atoms with Gasteiger partial charge in [0.05, 0.1) is 6.04 Å². The van der Waals surface area contributed by atoms with Gasteiger partial charge in [-0.25, -0.2) is 4.98 Å². The van der Waals surface area contributed by atoms with E-state index in [1.807, 2.05) is 0 Å². The summed E-state index contributed by atoms with van der Waals surface area (Å²) in [7, 11) is 0. The van der Waals surface area contributed by atoms with E-state index in [0.717, 1.165) is 5.75 Å². The summed E-state index contributed by atoms with van der Waals surface area (Å²) in [5.41, 5.74) is -0.0418. The Hall–Kier alpha value is -2.42. The van der Waals surface area contributed by atoms with Crippen LogP contribution in [0.2, 0.25) is 0 Å². The van der Waals surface area contributed by atoms with Crippen molar-refractivity contribution in [1.82, 2.24) is 14.9 Å². The fraction of sp³-hybridized carbons (Fsp3) is 0.353. The number of thioether (sulfide) groups is 1. The van der Waals surface area contributed by atoms with Crippen LogP contribution >= 0.6 is 11.8 Å². The van der Waals surface area contributed by atoms with E-state index in [2.05, 4.69) is 15.0 Å². The number of rotatable bonds is 6. The van der Waals surface area contributed by atoms with Gasteiger partial charge in [-0.1, -0.05) is 36.9 Å². The summed E-state index contributed by atoms with van der Waals surface area (Å²) in [4.78, 5) is 29.2. The van der Waals surface area contributed by atoms with Gasteiger partial charge in [0, 0.05) is 24.1 Å². The first kappa shape index (κ1) is 18.4. The number of alkyl halides is 2. The molecule has 138 valence electrons. The second kappa shape index (κ2) is 7.86. The number of nitrogens with zero attached hydrogens (tertiary/aromatic N) is 2. The lowest BCUT2D eigenvalue weighted by Crippen LogP contribution is -2.35. The zero-order valence-corrected chi connectivity index (χ0v) is 14.8. The van der Waals surface area contributed by atoms with Gasteiger partial charge < -0.3 is 10.1 Å². The predicted molar refractivity (Wildman–Crippen MR) is 92.8 cm³/mol. The van der Waals surface area contributed by atoms with E-state index in [9.17, 15) is 18.4 Å². The van der Waals surface area contributed by atoms with Crippen LogP contribution in [-0.4, -0.2) is 27.8 Å². The number of halogens is 2. The molecule has 26 heavy (non-hydrogen) atoms. The number of hydrogen-bond donors (Lipinski definition) is 1. The highest BCUT2D eigenvalue weighted by Gasteiger charge is 2.23. The lowest BCUT2D eigenvalue weighted by Gasteiger charge is -2.20. The Balaban J connectivity index is 1.86. The maximum Gasteiger partial charge on any atom is 0.387 e. The average molecular weight is 381 g/mol. The number of fused-ring (bicyclic) bond motifs is 1. The van der Waals surface area contributed by atoms with Gasteiger partial charge in [-0.3, -0.25) is 14.2 Å². The number of ether oxygens (including phenoxy) is 1. The summed E-state index contributed by atoms with van der Waals surface area (Å²) in [6.45, 7) is -0.656. The van der Waals surface area contributed by atoms with Crippen molar-refractivity contribution in [2.45, 2.75) is 37.7 Å². The van der Waals surface area contributed by atoms with Gasteiger partial charge in [0.2, 0.25) is 0 Å². The van der Waals surface area contributed by atoms with Crippen molar-refractivity contribution in [1.29, 1.82) is 0 Å². The first-order valence-corrected chi connectivity index (χ1v) is 9.07. The molecule has 6 nitrogen and oxygen atoms in total. The Morgan fingerprint density at radius 1 is 1.42 bits per heavy atom. The van der Waals surface area contributed by atoms with E-state index in [4.69, 9.17) is 0 Å². The molecule has 1 amide bonds. The summed E-state index contributed by atoms with van der Waals surface area (Å²) >= 11 is 1.46. The maximum absolute atomic E-state index is 12.6. The Morgan fingerprint density at radius 3 is 2.92 bits per heavy atom. The topological polar surface area (TPSA) is 73.2 Å². The molecule has 1 aromatic carbocycles. The fourth-order valence-electron chi connectivity index (χ4n) is 2.78. The van der Waals surface area contributed by atoms with Gasteiger partial charge in [-0.15, -0.1) is 0 Å². The van der Waals surface area contributed by atoms with Crippen LogP contribution in [0.25, 0.3) is 0 Å². The smallest absolute Gasteiger partial charge is 0.387 e. The molecule has 0 saturated carbocycles. The van der Waals surface area contributed by atoms with Gasteiger partial charge in [-0.2, -0.15) is 8.78 Å². The minimum atomic E-state index is -2.97. The summed E-state index contributed by atoms with van der Waals surface area (Å²) in [5, 5.41) is 3.31. The highest BCUT2D eigenvalue weighted by atomic mass is 32.2. The lowest BCUT2D eigenvalue weighted by atomic mass is 10.0. The van der Waals surface area contributed by atoms with Crippen LogP contribution < -0.4 is 15.6 Å². The summed E-state index contributed by atoms with van der Waals surface area (Å²) in [5.74, 6) is 0.145. The minimum absolute atomic E-state index is 0.00477. The molecular weight excluding hydrogens is 364 g/mol. The average Bonchev–Trinajstić information content (AvgIpc) is 3.09. The molecule has 0 spiro atoms. The lowest BCUT2D eigenvalue weighted by molar-refractivity contribution is -0.0506. The van der Waals surface area contributed by atoms with Crippen molar-refractivity contribution >= 4 is 17.7 Å². The van der Waals surface area contributed by atoms with Gasteiger partial charge in [-0.05, 0) is 12.5 Å². The SMILES string of the molecule is CCC(NC(=O)c1cnc2n(c1=O)CCS2)c1ccccc1OC(F)F. The van der Waals surface area contributed by atoms with Crippen LogP contribution in [0, 0.1) is 0 Å². The number of nitrogens with one attached hydrogen (secondary N) is 1. The summed E-state index contributed by atoms with van der Waals surface area (Å²) < 4.78 is 31.2. The van der Waals surface area contributed by atoms with E-state index >= 15 is 0 Å². The number of carbonyl (C=O) groups excluding carboxylic acids is 1. The standard InChI is InChI=1S/C17H17F2N3O3S/c1-2-12(10-5-3-4-6-13(10)25-16(18)19)21-14(23)11-9-20-17-22(15(11)24)7-8-26-17/h3-6,9,12,16H,2,7-8H2,1H3,(H,21,23). The van der Waals surface area contributed by atoms with Gasteiger partial charge in [0.15, 0.2) is 5.16 Å². The second-order valence-corrected chi connectivity index (χ2v) is 6.67. The van der Waals surface area contributed by atoms with Crippen molar-refractivity contribution in [3.63, 3.8) is 0 Å². The normalized spacial score (nSPS) is 14.2. The first-order chi connectivity index (χ1) is 12.5. The molecule has 1 aliphatic heterocycles. The number of hydrogen-bond acceptors (Lipinski definition) is 5. The number of para-hydroxylation sites is 1. The number of benzene rings is 1. The first-order valence-electron chi connectivity index (χ1n) is 8.08. The molecule has 9 heteroatoms. The molecule has 0 bridgehead atoms. The highest BCUT2D eigenvalue weighted by Crippen LogP contribution is 2.28. The molecule has 1 unspecified atom stereocenters. The van der Waals surface area contributed by atoms with Crippen LogP contribution in [0.1, 0.15) is 35.3 Å². The Labute approximate surface area is 152 Å². The van der Waals surface area contributed by atoms with Crippen molar-refractivity contribution in [3.8, 4) is 5.75 Å². The molecule has 3 rings (SSSR count). The highest BCUT2D eigenvalue weighted by molar-refractivity contribution is 7.99. The molecule has 0 fully saturated rings. The van der Waals surface area contributed by atoms with Crippen LogP contribution in [0.4, 0.5) is 8.78 Å². The summed E-state index contributed by atoms with van der Waals surface area (Å²) in [6, 6.07) is 5.69. The largest absolute Gasteiger partial charge is 0.434 e. The number of amides is 1. The maximum atomic E-state index is 12.6. The molecule has 0 saturated heterocycles. The predicted octanol–water partition coefficient (Wildman–Crippen LogP) is 2.83. The third-order valence-corrected chi connectivity index (χ3v) is 5.00. The molecule has 1 aromatic heterocycles. The van der Waals surface area contributed by atoms with Crippen molar-refractivity contribution in [2.24, 2.45) is 0 Å². The van der Waals surface area contributed by atoms with Crippen molar-refractivity contribution in [3.05, 3.63) is 51.9 Å². The van der Waals surface area contributed by atoms with E-state index in [-0.39, 0.29) is 11.3 Å². The van der Waals surface area contributed by atoms with Crippen molar-refractivity contribution < 1.29 is 18.3 Å². The molecule has 0 radical (unpaired) electrons. The zero-order valence-electron chi connectivity index (χ0n) is 13.9. The van der Waals surface area contributed by atoms with Gasteiger partial charge in [0.1, 0.15) is 11.3 Å². The Bertz CT molecular complexity index is 873. The summed E-state index contributed by atoms with van der Waals surface area (Å²) in [6.07, 6.45) is 1.70. The second-order valence-electron chi connectivity index (χ2n) is 5.61. The molecule has 2 aromatic rings. The molecule has 0 aliphatic carbocycles. The molecule has 2 heterocycles. The minimum Gasteiger partial charge on any atom is -0.434 e. The third-order valence-electron chi connectivity index (χ3n) is 4.03. The van der Waals surface area contributed by atoms with Crippen LogP contribution in [0.5, 0.6) is 5.75 Å². The van der Waals surface area contributed by atoms with E-state index in [1.165, 1.54) is 28.6 Å².